The number of aryl methyl sites for hydroxylation is 1. The maximum absolute atomic E-state index is 5.99. The average Bonchev–Trinajstić information content (AvgIpc) is 2.32. The topological polar surface area (TPSA) is 42.1 Å². The highest BCUT2D eigenvalue weighted by Crippen LogP contribution is 2.27. The zero-order chi connectivity index (χ0) is 13.1. The van der Waals surface area contributed by atoms with E-state index in [4.69, 9.17) is 5.73 Å². The molecule has 1 aromatic carbocycles. The zero-order valence-corrected chi connectivity index (χ0v) is 12.1. The highest BCUT2D eigenvalue weighted by Gasteiger charge is 2.07. The Labute approximate surface area is 116 Å². The van der Waals surface area contributed by atoms with Crippen LogP contribution in [0.25, 0.3) is 0 Å². The second-order valence-electron chi connectivity index (χ2n) is 4.33. The Balaban J connectivity index is 2.21. The summed E-state index contributed by atoms with van der Waals surface area (Å²) in [6.45, 7) is 2.74. The molecular weight excluding hydrogens is 290 g/mol. The number of benzene rings is 1. The van der Waals surface area contributed by atoms with Gasteiger partial charge in [-0.25, -0.2) is 0 Å². The third-order valence-corrected chi connectivity index (χ3v) is 3.24. The number of pyridine rings is 1. The van der Waals surface area contributed by atoms with Crippen LogP contribution >= 0.6 is 15.9 Å². The first-order chi connectivity index (χ1) is 8.56. The highest BCUT2D eigenvalue weighted by molar-refractivity contribution is 9.10. The largest absolute Gasteiger partial charge is 0.397 e. The minimum absolute atomic E-state index is 0.738. The van der Waals surface area contributed by atoms with Crippen LogP contribution in [-0.2, 0) is 6.54 Å². The van der Waals surface area contributed by atoms with Crippen molar-refractivity contribution >= 4 is 27.3 Å². The molecule has 0 spiro atoms. The summed E-state index contributed by atoms with van der Waals surface area (Å²) in [6.07, 6.45) is 0. The molecule has 0 fully saturated rings. The van der Waals surface area contributed by atoms with E-state index >= 15 is 0 Å². The Morgan fingerprint density at radius 2 is 2.06 bits per heavy atom. The van der Waals surface area contributed by atoms with Crippen LogP contribution in [0.15, 0.2) is 40.9 Å². The van der Waals surface area contributed by atoms with Crippen LogP contribution in [0.3, 0.4) is 0 Å². The molecule has 2 rings (SSSR count). The Bertz CT molecular complexity index is 554. The fourth-order valence-corrected chi connectivity index (χ4v) is 2.21. The first-order valence-corrected chi connectivity index (χ1v) is 6.54. The van der Waals surface area contributed by atoms with Gasteiger partial charge in [0.05, 0.1) is 23.6 Å². The Morgan fingerprint density at radius 1 is 1.28 bits per heavy atom. The molecule has 0 aliphatic carbocycles. The number of nitrogens with zero attached hydrogens (tertiary/aromatic N) is 2. The molecule has 3 nitrogen and oxygen atoms in total. The molecule has 0 bridgehead atoms. The van der Waals surface area contributed by atoms with Crippen LogP contribution in [0.1, 0.15) is 11.4 Å². The molecule has 18 heavy (non-hydrogen) atoms. The lowest BCUT2D eigenvalue weighted by molar-refractivity contribution is 0.878. The van der Waals surface area contributed by atoms with Gasteiger partial charge in [-0.15, -0.1) is 0 Å². The first kappa shape index (κ1) is 12.9. The molecule has 4 heteroatoms. The summed E-state index contributed by atoms with van der Waals surface area (Å²) < 4.78 is 1.02. The van der Waals surface area contributed by atoms with Crippen molar-refractivity contribution in [2.45, 2.75) is 13.5 Å². The van der Waals surface area contributed by atoms with Gasteiger partial charge in [-0.3, -0.25) is 4.98 Å². The highest BCUT2D eigenvalue weighted by atomic mass is 79.9. The van der Waals surface area contributed by atoms with Gasteiger partial charge in [0.15, 0.2) is 0 Å². The molecule has 2 aromatic rings. The fraction of sp³-hybridized carbons (Fsp3) is 0.214. The number of anilines is 2. The van der Waals surface area contributed by atoms with Gasteiger partial charge in [-0.2, -0.15) is 0 Å². The quantitative estimate of drug-likeness (QED) is 0.884. The normalized spacial score (nSPS) is 10.4. The van der Waals surface area contributed by atoms with Crippen molar-refractivity contribution in [2.75, 3.05) is 17.7 Å². The second-order valence-corrected chi connectivity index (χ2v) is 5.25. The van der Waals surface area contributed by atoms with Crippen LogP contribution in [0.5, 0.6) is 0 Å². The lowest BCUT2D eigenvalue weighted by Crippen LogP contribution is -2.18. The minimum Gasteiger partial charge on any atom is -0.397 e. The average molecular weight is 306 g/mol. The lowest BCUT2D eigenvalue weighted by atomic mass is 10.2. The van der Waals surface area contributed by atoms with E-state index in [1.165, 1.54) is 0 Å². The molecular formula is C14H16BrN3. The summed E-state index contributed by atoms with van der Waals surface area (Å²) in [5.74, 6) is 0. The summed E-state index contributed by atoms with van der Waals surface area (Å²) in [4.78, 5) is 6.60. The van der Waals surface area contributed by atoms with Gasteiger partial charge < -0.3 is 10.6 Å². The molecule has 0 aliphatic heterocycles. The number of aromatic nitrogens is 1. The number of halogens is 1. The van der Waals surface area contributed by atoms with E-state index in [1.807, 2.05) is 50.4 Å². The monoisotopic (exact) mass is 305 g/mol. The Hall–Kier alpha value is -1.55. The third kappa shape index (κ3) is 3.01. The van der Waals surface area contributed by atoms with Crippen molar-refractivity contribution in [3.8, 4) is 0 Å². The molecule has 0 atom stereocenters. The van der Waals surface area contributed by atoms with Crippen molar-refractivity contribution < 1.29 is 0 Å². The van der Waals surface area contributed by atoms with Crippen molar-refractivity contribution in [1.82, 2.24) is 4.98 Å². The maximum atomic E-state index is 5.99. The van der Waals surface area contributed by atoms with Crippen LogP contribution < -0.4 is 10.6 Å². The minimum atomic E-state index is 0.738. The third-order valence-electron chi connectivity index (χ3n) is 2.75. The van der Waals surface area contributed by atoms with Crippen LogP contribution in [0.2, 0.25) is 0 Å². The summed E-state index contributed by atoms with van der Waals surface area (Å²) in [5, 5.41) is 0. The van der Waals surface area contributed by atoms with E-state index in [-0.39, 0.29) is 0 Å². The predicted molar refractivity (Wildman–Crippen MR) is 79.6 cm³/mol. The molecule has 0 amide bonds. The van der Waals surface area contributed by atoms with Crippen LogP contribution in [0.4, 0.5) is 11.4 Å². The van der Waals surface area contributed by atoms with E-state index < -0.39 is 0 Å². The summed E-state index contributed by atoms with van der Waals surface area (Å²) in [7, 11) is 2.02. The van der Waals surface area contributed by atoms with Gasteiger partial charge in [0.25, 0.3) is 0 Å². The Morgan fingerprint density at radius 3 is 2.78 bits per heavy atom. The summed E-state index contributed by atoms with van der Waals surface area (Å²) in [5.41, 5.74) is 9.84. The number of rotatable bonds is 3. The van der Waals surface area contributed by atoms with E-state index in [0.717, 1.165) is 33.8 Å². The van der Waals surface area contributed by atoms with Gasteiger partial charge in [-0.1, -0.05) is 22.0 Å². The van der Waals surface area contributed by atoms with Crippen LogP contribution in [0, 0.1) is 6.92 Å². The number of nitrogens with two attached hydrogens (primary N) is 1. The van der Waals surface area contributed by atoms with Gasteiger partial charge in [0, 0.05) is 17.2 Å². The molecule has 0 unspecified atom stereocenters. The van der Waals surface area contributed by atoms with Gasteiger partial charge in [0.2, 0.25) is 0 Å². The van der Waals surface area contributed by atoms with Crippen molar-refractivity contribution in [3.05, 3.63) is 52.3 Å². The maximum Gasteiger partial charge on any atom is 0.0612 e. The van der Waals surface area contributed by atoms with Crippen molar-refractivity contribution in [1.29, 1.82) is 0 Å². The molecule has 1 aromatic heterocycles. The molecule has 0 saturated carbocycles. The Kier molecular flexibility index (Phi) is 3.87. The zero-order valence-electron chi connectivity index (χ0n) is 10.5. The van der Waals surface area contributed by atoms with Gasteiger partial charge >= 0.3 is 0 Å². The number of nitrogen functional groups attached to an aromatic ring is 1. The molecule has 1 heterocycles. The summed E-state index contributed by atoms with van der Waals surface area (Å²) in [6, 6.07) is 11.9. The predicted octanol–water partition coefficient (Wildman–Crippen LogP) is 3.37. The van der Waals surface area contributed by atoms with Crippen LogP contribution in [-0.4, -0.2) is 12.0 Å². The molecule has 0 aliphatic rings. The molecule has 0 radical (unpaired) electrons. The van der Waals surface area contributed by atoms with Gasteiger partial charge in [-0.05, 0) is 37.3 Å². The lowest BCUT2D eigenvalue weighted by Gasteiger charge is -2.21. The van der Waals surface area contributed by atoms with Crippen molar-refractivity contribution in [3.63, 3.8) is 0 Å². The van der Waals surface area contributed by atoms with E-state index in [0.29, 0.717) is 0 Å². The number of hydrogen-bond acceptors (Lipinski definition) is 3. The first-order valence-electron chi connectivity index (χ1n) is 5.75. The summed E-state index contributed by atoms with van der Waals surface area (Å²) >= 11 is 3.46. The molecule has 2 N–H and O–H groups in total. The van der Waals surface area contributed by atoms with Gasteiger partial charge in [0.1, 0.15) is 0 Å². The SMILES string of the molecule is Cc1cccc(CN(C)c2cc(Br)ccc2N)n1. The standard InChI is InChI=1S/C14H16BrN3/c1-10-4-3-5-12(17-10)9-18(2)14-8-11(15)6-7-13(14)16/h3-8H,9,16H2,1-2H3. The molecule has 94 valence electrons. The van der Waals surface area contributed by atoms with Crippen molar-refractivity contribution in [2.24, 2.45) is 0 Å². The fourth-order valence-electron chi connectivity index (χ4n) is 1.86. The number of hydrogen-bond donors (Lipinski definition) is 1. The van der Waals surface area contributed by atoms with E-state index in [2.05, 4.69) is 25.8 Å². The second kappa shape index (κ2) is 5.40. The van der Waals surface area contributed by atoms with E-state index in [9.17, 15) is 0 Å². The van der Waals surface area contributed by atoms with E-state index in [1.54, 1.807) is 0 Å². The smallest absolute Gasteiger partial charge is 0.0612 e. The molecule has 0 saturated heterocycles.